The molecule has 4 nitrogen and oxygen atoms in total. The minimum atomic E-state index is -0.320. The van der Waals surface area contributed by atoms with E-state index >= 15 is 0 Å². The first-order valence-electron chi connectivity index (χ1n) is 5.85. The fraction of sp³-hybridized carbons (Fsp3) is 0.308. The Hall–Kier alpha value is -1.33. The number of hydrazine groups is 1. The molecule has 3 N–H and O–H groups in total. The van der Waals surface area contributed by atoms with Gasteiger partial charge in [0.25, 0.3) is 5.91 Å². The molecule has 0 aromatic heterocycles. The SMILES string of the molecule is CCN(CC)c1ccc(/C=C/C(=O)NN)cc1Br. The highest BCUT2D eigenvalue weighted by molar-refractivity contribution is 9.10. The molecular weight excluding hydrogens is 294 g/mol. The third-order valence-corrected chi connectivity index (χ3v) is 3.28. The Morgan fingerprint density at radius 1 is 1.44 bits per heavy atom. The van der Waals surface area contributed by atoms with Crippen molar-refractivity contribution in [3.63, 3.8) is 0 Å². The predicted molar refractivity (Wildman–Crippen MR) is 79.1 cm³/mol. The highest BCUT2D eigenvalue weighted by atomic mass is 79.9. The molecule has 0 bridgehead atoms. The second-order valence-corrected chi connectivity index (χ2v) is 4.58. The van der Waals surface area contributed by atoms with Crippen LogP contribution >= 0.6 is 15.9 Å². The maximum Gasteiger partial charge on any atom is 0.257 e. The largest absolute Gasteiger partial charge is 0.371 e. The minimum Gasteiger partial charge on any atom is -0.371 e. The number of benzene rings is 1. The number of nitrogens with zero attached hydrogens (tertiary/aromatic N) is 1. The van der Waals surface area contributed by atoms with Crippen LogP contribution in [0.1, 0.15) is 19.4 Å². The molecule has 0 aliphatic heterocycles. The molecule has 0 heterocycles. The molecule has 1 amide bonds. The average molecular weight is 312 g/mol. The van der Waals surface area contributed by atoms with Crippen LogP contribution in [-0.2, 0) is 4.79 Å². The second-order valence-electron chi connectivity index (χ2n) is 3.73. The van der Waals surface area contributed by atoms with E-state index in [0.717, 1.165) is 28.8 Å². The van der Waals surface area contributed by atoms with Crippen LogP contribution in [0.25, 0.3) is 6.08 Å². The first kappa shape index (κ1) is 14.7. The van der Waals surface area contributed by atoms with Crippen LogP contribution in [0.4, 0.5) is 5.69 Å². The Balaban J connectivity index is 2.92. The molecule has 5 heteroatoms. The van der Waals surface area contributed by atoms with E-state index in [-0.39, 0.29) is 5.91 Å². The molecule has 0 fully saturated rings. The Morgan fingerprint density at radius 2 is 2.11 bits per heavy atom. The highest BCUT2D eigenvalue weighted by Gasteiger charge is 2.06. The van der Waals surface area contributed by atoms with Crippen molar-refractivity contribution < 1.29 is 4.79 Å². The molecule has 0 radical (unpaired) electrons. The van der Waals surface area contributed by atoms with Gasteiger partial charge in [-0.25, -0.2) is 5.84 Å². The number of amides is 1. The van der Waals surface area contributed by atoms with Crippen LogP contribution in [0.5, 0.6) is 0 Å². The van der Waals surface area contributed by atoms with Crippen LogP contribution in [0.2, 0.25) is 0 Å². The van der Waals surface area contributed by atoms with Gasteiger partial charge in [0.05, 0.1) is 5.69 Å². The molecular formula is C13H18BrN3O. The van der Waals surface area contributed by atoms with Crippen molar-refractivity contribution in [2.24, 2.45) is 5.84 Å². The Labute approximate surface area is 116 Å². The summed E-state index contributed by atoms with van der Waals surface area (Å²) in [5.41, 5.74) is 4.15. The van der Waals surface area contributed by atoms with Crippen molar-refractivity contribution in [2.75, 3.05) is 18.0 Å². The Morgan fingerprint density at radius 3 is 2.61 bits per heavy atom. The summed E-state index contributed by atoms with van der Waals surface area (Å²) in [6.07, 6.45) is 3.12. The summed E-state index contributed by atoms with van der Waals surface area (Å²) in [6, 6.07) is 5.99. The van der Waals surface area contributed by atoms with E-state index in [4.69, 9.17) is 5.84 Å². The van der Waals surface area contributed by atoms with Gasteiger partial charge in [0, 0.05) is 23.6 Å². The van der Waals surface area contributed by atoms with Crippen molar-refractivity contribution in [2.45, 2.75) is 13.8 Å². The topological polar surface area (TPSA) is 58.4 Å². The van der Waals surface area contributed by atoms with Crippen molar-refractivity contribution in [1.82, 2.24) is 5.43 Å². The van der Waals surface area contributed by atoms with Gasteiger partial charge in [-0.1, -0.05) is 6.07 Å². The lowest BCUT2D eigenvalue weighted by Gasteiger charge is -2.22. The van der Waals surface area contributed by atoms with Crippen LogP contribution in [0.3, 0.4) is 0 Å². The molecule has 1 rings (SSSR count). The monoisotopic (exact) mass is 311 g/mol. The highest BCUT2D eigenvalue weighted by Crippen LogP contribution is 2.27. The van der Waals surface area contributed by atoms with Crippen LogP contribution in [0.15, 0.2) is 28.7 Å². The van der Waals surface area contributed by atoms with E-state index in [1.54, 1.807) is 6.08 Å². The number of nitrogens with one attached hydrogen (secondary N) is 1. The van der Waals surface area contributed by atoms with Crippen molar-refractivity contribution in [1.29, 1.82) is 0 Å². The van der Waals surface area contributed by atoms with Gasteiger partial charge in [0.2, 0.25) is 0 Å². The zero-order valence-electron chi connectivity index (χ0n) is 10.6. The van der Waals surface area contributed by atoms with Gasteiger partial charge >= 0.3 is 0 Å². The summed E-state index contributed by atoms with van der Waals surface area (Å²) < 4.78 is 1.02. The van der Waals surface area contributed by atoms with Gasteiger partial charge in [-0.05, 0) is 53.5 Å². The number of halogens is 1. The fourth-order valence-electron chi connectivity index (χ4n) is 1.67. The van der Waals surface area contributed by atoms with Crippen molar-refractivity contribution in [3.05, 3.63) is 34.3 Å². The van der Waals surface area contributed by atoms with Gasteiger partial charge in [-0.2, -0.15) is 0 Å². The molecule has 0 atom stereocenters. The average Bonchev–Trinajstić information content (AvgIpc) is 2.39. The molecule has 1 aromatic carbocycles. The minimum absolute atomic E-state index is 0.320. The second kappa shape index (κ2) is 7.18. The maximum absolute atomic E-state index is 11.0. The van der Waals surface area contributed by atoms with E-state index in [2.05, 4.69) is 40.1 Å². The molecule has 1 aromatic rings. The van der Waals surface area contributed by atoms with Crippen molar-refractivity contribution >= 4 is 33.6 Å². The molecule has 18 heavy (non-hydrogen) atoms. The Bertz CT molecular complexity index is 442. The van der Waals surface area contributed by atoms with Gasteiger partial charge in [0.1, 0.15) is 0 Å². The normalized spacial score (nSPS) is 10.7. The van der Waals surface area contributed by atoms with Crippen LogP contribution in [0, 0.1) is 0 Å². The van der Waals surface area contributed by atoms with E-state index < -0.39 is 0 Å². The summed E-state index contributed by atoms with van der Waals surface area (Å²) in [7, 11) is 0. The third kappa shape index (κ3) is 3.85. The lowest BCUT2D eigenvalue weighted by atomic mass is 10.2. The van der Waals surface area contributed by atoms with Crippen LogP contribution in [-0.4, -0.2) is 19.0 Å². The number of nitrogens with two attached hydrogens (primary N) is 1. The summed E-state index contributed by atoms with van der Waals surface area (Å²) in [4.78, 5) is 13.2. The quantitative estimate of drug-likeness (QED) is 0.380. The van der Waals surface area contributed by atoms with Gasteiger partial charge in [-0.15, -0.1) is 0 Å². The fourth-order valence-corrected chi connectivity index (χ4v) is 2.31. The number of hydrogen-bond acceptors (Lipinski definition) is 3. The molecule has 0 saturated heterocycles. The lowest BCUT2D eigenvalue weighted by molar-refractivity contribution is -0.116. The van der Waals surface area contributed by atoms with E-state index in [1.807, 2.05) is 18.2 Å². The van der Waals surface area contributed by atoms with Gasteiger partial charge in [-0.3, -0.25) is 10.2 Å². The van der Waals surface area contributed by atoms with Gasteiger partial charge in [0.15, 0.2) is 0 Å². The number of rotatable bonds is 5. The smallest absolute Gasteiger partial charge is 0.257 e. The number of anilines is 1. The third-order valence-electron chi connectivity index (χ3n) is 2.65. The Kier molecular flexibility index (Phi) is 5.88. The van der Waals surface area contributed by atoms with Crippen molar-refractivity contribution in [3.8, 4) is 0 Å². The lowest BCUT2D eigenvalue weighted by Crippen LogP contribution is -2.27. The number of carbonyl (C=O) groups is 1. The molecule has 0 saturated carbocycles. The summed E-state index contributed by atoms with van der Waals surface area (Å²) in [6.45, 7) is 6.16. The zero-order chi connectivity index (χ0) is 13.5. The van der Waals surface area contributed by atoms with E-state index in [1.165, 1.54) is 6.08 Å². The first-order chi connectivity index (χ1) is 8.62. The predicted octanol–water partition coefficient (Wildman–Crippen LogP) is 2.30. The number of hydrogen-bond donors (Lipinski definition) is 2. The van der Waals surface area contributed by atoms with E-state index in [9.17, 15) is 4.79 Å². The standard InChI is InChI=1S/C13H18BrN3O/c1-3-17(4-2)12-7-5-10(9-11(12)14)6-8-13(18)16-15/h5-9H,3-4,15H2,1-2H3,(H,16,18)/b8-6+. The first-order valence-corrected chi connectivity index (χ1v) is 6.64. The molecule has 0 spiro atoms. The van der Waals surface area contributed by atoms with Crippen LogP contribution < -0.4 is 16.2 Å². The number of carbonyl (C=O) groups excluding carboxylic acids is 1. The van der Waals surface area contributed by atoms with E-state index in [0.29, 0.717) is 0 Å². The summed E-state index contributed by atoms with van der Waals surface area (Å²) in [5, 5.41) is 0. The maximum atomic E-state index is 11.0. The zero-order valence-corrected chi connectivity index (χ0v) is 12.2. The molecule has 0 aliphatic rings. The molecule has 98 valence electrons. The molecule has 0 unspecified atom stereocenters. The summed E-state index contributed by atoms with van der Waals surface area (Å²) in [5.74, 6) is 4.68. The molecule has 0 aliphatic carbocycles. The summed E-state index contributed by atoms with van der Waals surface area (Å²) >= 11 is 3.55. The van der Waals surface area contributed by atoms with Gasteiger partial charge < -0.3 is 4.90 Å².